The lowest BCUT2D eigenvalue weighted by atomic mass is 9.93. The largest absolute Gasteiger partial charge is 0.506 e. The molecule has 2 heterocycles. The highest BCUT2D eigenvalue weighted by molar-refractivity contribution is 6.08. The van der Waals surface area contributed by atoms with Gasteiger partial charge in [0.2, 0.25) is 0 Å². The summed E-state index contributed by atoms with van der Waals surface area (Å²) < 4.78 is 11.6. The second-order valence-electron chi connectivity index (χ2n) is 6.99. The van der Waals surface area contributed by atoms with E-state index in [2.05, 4.69) is 4.98 Å². The Labute approximate surface area is 156 Å². The maximum absolute atomic E-state index is 12.8. The molecule has 1 aliphatic rings. The van der Waals surface area contributed by atoms with Gasteiger partial charge in [-0.25, -0.2) is 4.79 Å². The fraction of sp³-hybridized carbons (Fsp3) is 0.182. The summed E-state index contributed by atoms with van der Waals surface area (Å²) >= 11 is 0. The van der Waals surface area contributed by atoms with Crippen LogP contribution < -0.4 is 4.74 Å². The topological polar surface area (TPSA) is 68.7 Å². The zero-order valence-corrected chi connectivity index (χ0v) is 15.1. The molecule has 5 nitrogen and oxygen atoms in total. The number of hydrogen-bond donors (Lipinski definition) is 1. The molecule has 1 N–H and O–H groups in total. The van der Waals surface area contributed by atoms with Crippen molar-refractivity contribution in [2.24, 2.45) is 0 Å². The van der Waals surface area contributed by atoms with E-state index in [4.69, 9.17) is 9.47 Å². The summed E-state index contributed by atoms with van der Waals surface area (Å²) in [4.78, 5) is 16.8. The normalized spacial score (nSPS) is 14.4. The molecule has 0 saturated heterocycles. The summed E-state index contributed by atoms with van der Waals surface area (Å²) in [5.41, 5.74) is 0.901. The van der Waals surface area contributed by atoms with E-state index >= 15 is 0 Å². The van der Waals surface area contributed by atoms with Crippen LogP contribution in [0, 0.1) is 0 Å². The molecule has 136 valence electrons. The van der Waals surface area contributed by atoms with E-state index in [1.165, 1.54) is 0 Å². The minimum absolute atomic E-state index is 0.0732. The van der Waals surface area contributed by atoms with Gasteiger partial charge in [0.05, 0.1) is 0 Å². The van der Waals surface area contributed by atoms with E-state index in [1.807, 2.05) is 50.3 Å². The second-order valence-corrected chi connectivity index (χ2v) is 6.99. The summed E-state index contributed by atoms with van der Waals surface area (Å²) in [6.07, 6.45) is 6.96. The predicted octanol–water partition coefficient (Wildman–Crippen LogP) is 4.48. The number of carbonyl (C=O) groups is 1. The monoisotopic (exact) mass is 361 g/mol. The summed E-state index contributed by atoms with van der Waals surface area (Å²) in [6, 6.07) is 10.9. The van der Waals surface area contributed by atoms with E-state index in [0.717, 1.165) is 10.9 Å². The molecule has 1 aromatic heterocycles. The van der Waals surface area contributed by atoms with Crippen molar-refractivity contribution in [3.63, 3.8) is 0 Å². The fourth-order valence-electron chi connectivity index (χ4n) is 3.17. The van der Waals surface area contributed by atoms with E-state index in [-0.39, 0.29) is 17.9 Å². The quantitative estimate of drug-likeness (QED) is 0.697. The van der Waals surface area contributed by atoms with E-state index in [0.29, 0.717) is 16.7 Å². The maximum atomic E-state index is 12.8. The number of benzene rings is 2. The molecule has 4 rings (SSSR count). The lowest BCUT2D eigenvalue weighted by Crippen LogP contribution is -2.28. The van der Waals surface area contributed by atoms with Crippen LogP contribution in [0.25, 0.3) is 16.8 Å². The number of carbonyl (C=O) groups excluding carboxylic acids is 1. The molecule has 5 heteroatoms. The van der Waals surface area contributed by atoms with Gasteiger partial charge in [0.15, 0.2) is 0 Å². The second kappa shape index (κ2) is 6.43. The highest BCUT2D eigenvalue weighted by Gasteiger charge is 2.30. The van der Waals surface area contributed by atoms with Crippen LogP contribution in [-0.4, -0.2) is 21.7 Å². The number of phenolic OH excluding ortho intramolecular Hbond substituents is 1. The summed E-state index contributed by atoms with van der Waals surface area (Å²) in [7, 11) is 0. The average Bonchev–Trinajstić information content (AvgIpc) is 2.67. The fourth-order valence-corrected chi connectivity index (χ4v) is 3.17. The van der Waals surface area contributed by atoms with Gasteiger partial charge < -0.3 is 14.6 Å². The Morgan fingerprint density at radius 3 is 2.70 bits per heavy atom. The van der Waals surface area contributed by atoms with Gasteiger partial charge in [-0.2, -0.15) is 0 Å². The van der Waals surface area contributed by atoms with Gasteiger partial charge in [0.25, 0.3) is 0 Å². The third-order valence-electron chi connectivity index (χ3n) is 4.49. The van der Waals surface area contributed by atoms with E-state index < -0.39 is 11.6 Å². The Kier molecular flexibility index (Phi) is 4.07. The van der Waals surface area contributed by atoms with Crippen molar-refractivity contribution in [2.75, 3.05) is 0 Å². The molecule has 0 saturated carbocycles. The Balaban J connectivity index is 1.80. The highest BCUT2D eigenvalue weighted by atomic mass is 16.5. The lowest BCUT2D eigenvalue weighted by Gasteiger charge is -2.30. The van der Waals surface area contributed by atoms with Gasteiger partial charge in [0, 0.05) is 34.3 Å². The number of phenols is 1. The minimum atomic E-state index is -0.605. The first-order valence-corrected chi connectivity index (χ1v) is 8.68. The number of nitrogens with zero attached hydrogens (tertiary/aromatic N) is 1. The smallest absolute Gasteiger partial charge is 0.343 e. The predicted molar refractivity (Wildman–Crippen MR) is 103 cm³/mol. The van der Waals surface area contributed by atoms with Crippen molar-refractivity contribution < 1.29 is 19.4 Å². The molecule has 0 fully saturated rings. The molecule has 0 unspecified atom stereocenters. The maximum Gasteiger partial charge on any atom is 0.343 e. The summed E-state index contributed by atoms with van der Waals surface area (Å²) in [6.45, 7) is 3.95. The number of hydrogen-bond acceptors (Lipinski definition) is 5. The molecule has 0 bridgehead atoms. The summed E-state index contributed by atoms with van der Waals surface area (Å²) in [5.74, 6) is -0.135. The van der Waals surface area contributed by atoms with Gasteiger partial charge in [-0.1, -0.05) is 36.4 Å². The van der Waals surface area contributed by atoms with Crippen molar-refractivity contribution >= 4 is 22.8 Å². The number of ether oxygens (including phenoxy) is 2. The zero-order chi connectivity index (χ0) is 19.0. The lowest BCUT2D eigenvalue weighted by molar-refractivity contribution is 0.0467. The van der Waals surface area contributed by atoms with Crippen LogP contribution in [0.3, 0.4) is 0 Å². The highest BCUT2D eigenvalue weighted by Crippen LogP contribution is 2.44. The van der Waals surface area contributed by atoms with Gasteiger partial charge >= 0.3 is 5.97 Å². The van der Waals surface area contributed by atoms with Crippen LogP contribution in [0.5, 0.6) is 11.5 Å². The molecular formula is C22H19NO4. The standard InChI is InChI=1S/C22H19NO4/c1-22(2)10-9-17-18(21(25)26-13-14-6-5-11-23-12-14)19(24)15-7-3-4-8-16(15)20(17)27-22/h3-12,24H,13H2,1-2H3. The van der Waals surface area contributed by atoms with Crippen LogP contribution in [0.2, 0.25) is 0 Å². The van der Waals surface area contributed by atoms with Crippen molar-refractivity contribution in [2.45, 2.75) is 26.1 Å². The Morgan fingerprint density at radius 2 is 1.96 bits per heavy atom. The third kappa shape index (κ3) is 3.12. The third-order valence-corrected chi connectivity index (χ3v) is 4.49. The number of pyridine rings is 1. The SMILES string of the molecule is CC1(C)C=Cc2c(C(=O)OCc3cccnc3)c(O)c3ccccc3c2O1. The van der Waals surface area contributed by atoms with Crippen LogP contribution in [0.15, 0.2) is 54.9 Å². The van der Waals surface area contributed by atoms with Crippen molar-refractivity contribution in [3.8, 4) is 11.5 Å². The Bertz CT molecular complexity index is 1050. The first-order chi connectivity index (χ1) is 13.0. The van der Waals surface area contributed by atoms with Gasteiger partial charge in [-0.3, -0.25) is 4.98 Å². The van der Waals surface area contributed by atoms with Crippen molar-refractivity contribution in [1.82, 2.24) is 4.98 Å². The van der Waals surface area contributed by atoms with Crippen molar-refractivity contribution in [1.29, 1.82) is 0 Å². The van der Waals surface area contributed by atoms with Crippen LogP contribution in [0.1, 0.15) is 35.3 Å². The molecule has 2 aromatic carbocycles. The molecule has 0 amide bonds. The number of esters is 1. The molecule has 0 aliphatic carbocycles. The first-order valence-electron chi connectivity index (χ1n) is 8.68. The molecule has 0 radical (unpaired) electrons. The minimum Gasteiger partial charge on any atom is -0.506 e. The number of aromatic nitrogens is 1. The molecule has 0 spiro atoms. The summed E-state index contributed by atoms with van der Waals surface area (Å²) in [5, 5.41) is 12.1. The molecular weight excluding hydrogens is 342 g/mol. The van der Waals surface area contributed by atoms with Gasteiger partial charge in [0.1, 0.15) is 29.3 Å². The van der Waals surface area contributed by atoms with Gasteiger partial charge in [-0.05, 0) is 26.0 Å². The zero-order valence-electron chi connectivity index (χ0n) is 15.1. The van der Waals surface area contributed by atoms with Crippen LogP contribution >= 0.6 is 0 Å². The molecule has 0 atom stereocenters. The molecule has 1 aliphatic heterocycles. The first kappa shape index (κ1) is 17.1. The number of rotatable bonds is 3. The van der Waals surface area contributed by atoms with E-state index in [9.17, 15) is 9.90 Å². The molecule has 3 aromatic rings. The number of fused-ring (bicyclic) bond motifs is 3. The van der Waals surface area contributed by atoms with Gasteiger partial charge in [-0.15, -0.1) is 0 Å². The van der Waals surface area contributed by atoms with E-state index in [1.54, 1.807) is 24.5 Å². The van der Waals surface area contributed by atoms with Crippen LogP contribution in [0.4, 0.5) is 0 Å². The Hall–Kier alpha value is -3.34. The number of aromatic hydroxyl groups is 1. The Morgan fingerprint density at radius 1 is 1.19 bits per heavy atom. The molecule has 27 heavy (non-hydrogen) atoms. The average molecular weight is 361 g/mol. The van der Waals surface area contributed by atoms with Crippen LogP contribution in [-0.2, 0) is 11.3 Å². The van der Waals surface area contributed by atoms with Crippen molar-refractivity contribution in [3.05, 3.63) is 71.6 Å².